The number of amides is 1. The van der Waals surface area contributed by atoms with Crippen LogP contribution < -0.4 is 5.32 Å². The number of esters is 1. The van der Waals surface area contributed by atoms with Crippen LogP contribution in [0.25, 0.3) is 0 Å². The van der Waals surface area contributed by atoms with E-state index in [1.807, 2.05) is 0 Å². The van der Waals surface area contributed by atoms with Gasteiger partial charge in [0, 0.05) is 0 Å². The second-order valence-corrected chi connectivity index (χ2v) is 4.42. The second-order valence-electron chi connectivity index (χ2n) is 3.35. The number of rotatable bonds is 8. The van der Waals surface area contributed by atoms with Crippen molar-refractivity contribution in [1.82, 2.24) is 5.32 Å². The van der Waals surface area contributed by atoms with Crippen LogP contribution in [0.15, 0.2) is 12.0 Å². The van der Waals surface area contributed by atoms with E-state index >= 15 is 0 Å². The van der Waals surface area contributed by atoms with Crippen molar-refractivity contribution >= 4 is 29.4 Å². The Morgan fingerprint density at radius 2 is 2.12 bits per heavy atom. The third-order valence-corrected chi connectivity index (χ3v) is 2.58. The normalized spacial score (nSPS) is 11.4. The summed E-state index contributed by atoms with van der Waals surface area (Å²) in [4.78, 5) is 33.5. The van der Waals surface area contributed by atoms with Gasteiger partial charge in [-0.3, -0.25) is 9.59 Å². The lowest BCUT2D eigenvalue weighted by molar-refractivity contribution is -0.145. The first kappa shape index (κ1) is 15.7. The van der Waals surface area contributed by atoms with Gasteiger partial charge < -0.3 is 10.1 Å². The van der Waals surface area contributed by atoms with Crippen LogP contribution in [0.5, 0.6) is 0 Å². The maximum Gasteiger partial charge on any atom is 0.328 e. The Morgan fingerprint density at radius 3 is 2.59 bits per heavy atom. The van der Waals surface area contributed by atoms with Crippen LogP contribution in [0.3, 0.4) is 0 Å². The summed E-state index contributed by atoms with van der Waals surface area (Å²) in [7, 11) is 1.26. The van der Waals surface area contributed by atoms with Crippen molar-refractivity contribution in [2.24, 2.45) is 0 Å². The average molecular weight is 259 g/mol. The summed E-state index contributed by atoms with van der Waals surface area (Å²) in [5, 5.41) is 4.13. The Labute approximate surface area is 105 Å². The molecule has 5 nitrogen and oxygen atoms in total. The van der Waals surface area contributed by atoms with Gasteiger partial charge in [-0.25, -0.2) is 4.79 Å². The molecule has 0 aliphatic carbocycles. The fraction of sp³-hybridized carbons (Fsp3) is 0.545. The van der Waals surface area contributed by atoms with Crippen LogP contribution in [-0.4, -0.2) is 36.6 Å². The Balaban J connectivity index is 4.27. The number of thioether (sulfide) groups is 1. The van der Waals surface area contributed by atoms with E-state index in [1.54, 1.807) is 5.41 Å². The van der Waals surface area contributed by atoms with Crippen molar-refractivity contribution in [2.75, 3.05) is 12.9 Å². The van der Waals surface area contributed by atoms with Gasteiger partial charge >= 0.3 is 5.97 Å². The first-order chi connectivity index (χ1) is 8.01. The van der Waals surface area contributed by atoms with Crippen LogP contribution in [0.4, 0.5) is 0 Å². The molecule has 0 aromatic rings. The zero-order chi connectivity index (χ0) is 13.3. The minimum Gasteiger partial charge on any atom is -0.467 e. The van der Waals surface area contributed by atoms with Crippen molar-refractivity contribution in [3.63, 3.8) is 0 Å². The number of methoxy groups -OCH3 is 1. The highest BCUT2D eigenvalue weighted by molar-refractivity contribution is 8.02. The molecule has 0 saturated heterocycles. The largest absolute Gasteiger partial charge is 0.467 e. The molecule has 0 radical (unpaired) electrons. The predicted molar refractivity (Wildman–Crippen MR) is 66.5 cm³/mol. The topological polar surface area (TPSA) is 72.5 Å². The molecule has 0 heterocycles. The molecular weight excluding hydrogens is 242 g/mol. The number of hydrogen-bond acceptors (Lipinski definition) is 5. The number of carbonyl (C=O) groups excluding carboxylic acids is 3. The van der Waals surface area contributed by atoms with Gasteiger partial charge in [-0.15, -0.1) is 11.8 Å². The Kier molecular flexibility index (Phi) is 8.13. The van der Waals surface area contributed by atoms with E-state index < -0.39 is 17.9 Å². The summed E-state index contributed by atoms with van der Waals surface area (Å²) in [6.07, 6.45) is 0.217. The average Bonchev–Trinajstić information content (AvgIpc) is 2.26. The standard InChI is InChI=1S/C11H17NO4S/c1-4-17-6-5-9(11(15)16-3)12-10(14)7-8(2)13/h4,9H,1,5-7H2,2-3H3,(H,12,14)/t9-/m0/s1. The van der Waals surface area contributed by atoms with Gasteiger partial charge in [-0.05, 0) is 24.5 Å². The van der Waals surface area contributed by atoms with Crippen molar-refractivity contribution in [2.45, 2.75) is 25.8 Å². The third-order valence-electron chi connectivity index (χ3n) is 1.87. The zero-order valence-electron chi connectivity index (χ0n) is 10.0. The summed E-state index contributed by atoms with van der Waals surface area (Å²) in [5.74, 6) is -0.571. The number of nitrogens with one attached hydrogen (secondary N) is 1. The zero-order valence-corrected chi connectivity index (χ0v) is 10.8. The van der Waals surface area contributed by atoms with Gasteiger partial charge in [-0.2, -0.15) is 0 Å². The molecule has 0 aliphatic heterocycles. The molecule has 0 aromatic heterocycles. The molecule has 0 bridgehead atoms. The van der Waals surface area contributed by atoms with E-state index in [0.717, 1.165) is 0 Å². The lowest BCUT2D eigenvalue weighted by Gasteiger charge is -2.15. The molecule has 6 heteroatoms. The molecule has 0 saturated carbocycles. The Hall–Kier alpha value is -1.30. The molecule has 1 atom stereocenters. The predicted octanol–water partition coefficient (Wildman–Crippen LogP) is 0.890. The molecule has 1 N–H and O–H groups in total. The summed E-state index contributed by atoms with van der Waals surface area (Å²) >= 11 is 1.44. The van der Waals surface area contributed by atoms with Gasteiger partial charge in [0.25, 0.3) is 0 Å². The van der Waals surface area contributed by atoms with Gasteiger partial charge in [0.1, 0.15) is 11.8 Å². The van der Waals surface area contributed by atoms with Crippen LogP contribution in [-0.2, 0) is 19.1 Å². The summed E-state index contributed by atoms with van der Waals surface area (Å²) < 4.78 is 4.58. The molecule has 0 fully saturated rings. The summed E-state index contributed by atoms with van der Waals surface area (Å²) in [6, 6.07) is -0.709. The van der Waals surface area contributed by atoms with E-state index in [1.165, 1.54) is 25.8 Å². The van der Waals surface area contributed by atoms with Crippen LogP contribution in [0, 0.1) is 0 Å². The smallest absolute Gasteiger partial charge is 0.328 e. The van der Waals surface area contributed by atoms with E-state index in [9.17, 15) is 14.4 Å². The number of Topliss-reactive ketones (excluding diaryl/α,β-unsaturated/α-hetero) is 1. The van der Waals surface area contributed by atoms with E-state index in [0.29, 0.717) is 12.2 Å². The third kappa shape index (κ3) is 7.57. The Morgan fingerprint density at radius 1 is 1.47 bits per heavy atom. The van der Waals surface area contributed by atoms with E-state index in [2.05, 4.69) is 16.6 Å². The highest BCUT2D eigenvalue weighted by Crippen LogP contribution is 2.06. The minimum absolute atomic E-state index is 0.220. The van der Waals surface area contributed by atoms with Gasteiger partial charge in [0.15, 0.2) is 0 Å². The van der Waals surface area contributed by atoms with Crippen molar-refractivity contribution in [1.29, 1.82) is 0 Å². The van der Waals surface area contributed by atoms with Crippen molar-refractivity contribution in [3.8, 4) is 0 Å². The Bertz CT molecular complexity index is 304. The molecule has 0 rings (SSSR count). The lowest BCUT2D eigenvalue weighted by atomic mass is 10.2. The molecule has 17 heavy (non-hydrogen) atoms. The highest BCUT2D eigenvalue weighted by Gasteiger charge is 2.21. The monoisotopic (exact) mass is 259 g/mol. The van der Waals surface area contributed by atoms with Crippen molar-refractivity contribution < 1.29 is 19.1 Å². The number of ether oxygens (including phenoxy) is 1. The number of ketones is 1. The number of hydrogen-bond donors (Lipinski definition) is 1. The fourth-order valence-electron chi connectivity index (χ4n) is 1.13. The van der Waals surface area contributed by atoms with Gasteiger partial charge in [0.2, 0.25) is 5.91 Å². The van der Waals surface area contributed by atoms with E-state index in [4.69, 9.17) is 0 Å². The quantitative estimate of drug-likeness (QED) is 0.398. The van der Waals surface area contributed by atoms with Gasteiger partial charge in [0.05, 0.1) is 13.5 Å². The van der Waals surface area contributed by atoms with E-state index in [-0.39, 0.29) is 12.2 Å². The van der Waals surface area contributed by atoms with Gasteiger partial charge in [-0.1, -0.05) is 6.58 Å². The van der Waals surface area contributed by atoms with Crippen molar-refractivity contribution in [3.05, 3.63) is 12.0 Å². The molecule has 1 amide bonds. The SMILES string of the molecule is C=CSCC[C@H](NC(=O)CC(C)=O)C(=O)OC. The maximum atomic E-state index is 11.4. The first-order valence-electron chi connectivity index (χ1n) is 5.10. The minimum atomic E-state index is -0.709. The number of carbonyl (C=O) groups is 3. The molecule has 0 aliphatic rings. The molecular formula is C11H17NO4S. The molecule has 0 aromatic carbocycles. The van der Waals surface area contributed by atoms with Crippen LogP contribution in [0.1, 0.15) is 19.8 Å². The van der Waals surface area contributed by atoms with Crippen LogP contribution in [0.2, 0.25) is 0 Å². The maximum absolute atomic E-state index is 11.4. The second kappa shape index (κ2) is 8.81. The molecule has 0 unspecified atom stereocenters. The first-order valence-corrected chi connectivity index (χ1v) is 6.15. The fourth-order valence-corrected chi connectivity index (χ4v) is 1.67. The lowest BCUT2D eigenvalue weighted by Crippen LogP contribution is -2.42. The molecule has 0 spiro atoms. The van der Waals surface area contributed by atoms with Crippen LogP contribution >= 0.6 is 11.8 Å². The summed E-state index contributed by atoms with van der Waals surface area (Å²) in [6.45, 7) is 4.86. The molecule has 96 valence electrons. The highest BCUT2D eigenvalue weighted by atomic mass is 32.2. The summed E-state index contributed by atoms with van der Waals surface area (Å²) in [5.41, 5.74) is 0.